The minimum absolute atomic E-state index is 0.0925. The highest BCUT2D eigenvalue weighted by atomic mass is 28.4. The predicted octanol–water partition coefficient (Wildman–Crippen LogP) is 2.54. The third kappa shape index (κ3) is 6.59. The Bertz CT molecular complexity index is 427. The minimum atomic E-state index is -3.36. The molecule has 28 heavy (non-hydrogen) atoms. The number of aliphatic hydroxyl groups excluding tert-OH is 1. The number of hydrogen-bond donors (Lipinski definition) is 2. The molecule has 0 aromatic heterocycles. The summed E-state index contributed by atoms with van der Waals surface area (Å²) in [5.74, 6) is -1.02. The van der Waals surface area contributed by atoms with Crippen LogP contribution in [0.5, 0.6) is 0 Å². The topological polar surface area (TPSA) is 104 Å². The van der Waals surface area contributed by atoms with Crippen LogP contribution in [0.1, 0.15) is 34.1 Å². The molecular weight excluding hydrogens is 400 g/mol. The SMILES string of the molecule is CCO[Si](OCC)(OCC)C(CC)C(OCCOCCO)(C(=O)O)[Si](C)(C)C. The molecule has 2 unspecified atom stereocenters. The maximum absolute atomic E-state index is 12.7. The van der Waals surface area contributed by atoms with Crippen LogP contribution in [0.3, 0.4) is 0 Å². The molecule has 2 N–H and O–H groups in total. The van der Waals surface area contributed by atoms with Gasteiger partial charge in [-0.3, -0.25) is 0 Å². The van der Waals surface area contributed by atoms with Gasteiger partial charge in [0.25, 0.3) is 0 Å². The molecule has 0 aromatic carbocycles. The van der Waals surface area contributed by atoms with Gasteiger partial charge in [0.05, 0.1) is 40.0 Å². The lowest BCUT2D eigenvalue weighted by atomic mass is 10.2. The largest absolute Gasteiger partial charge is 0.507 e. The summed E-state index contributed by atoms with van der Waals surface area (Å²) in [6.07, 6.45) is 0.486. The monoisotopic (exact) mass is 440 g/mol. The summed E-state index contributed by atoms with van der Waals surface area (Å²) in [4.78, 5) is 12.7. The van der Waals surface area contributed by atoms with E-state index in [4.69, 9.17) is 27.9 Å². The minimum Gasteiger partial charge on any atom is -0.479 e. The van der Waals surface area contributed by atoms with E-state index in [1.807, 2.05) is 47.3 Å². The van der Waals surface area contributed by atoms with Crippen molar-refractivity contribution in [3.05, 3.63) is 0 Å². The van der Waals surface area contributed by atoms with Gasteiger partial charge in [-0.15, -0.1) is 0 Å². The molecule has 0 aromatic rings. The van der Waals surface area contributed by atoms with Crippen molar-refractivity contribution in [3.63, 3.8) is 0 Å². The standard InChI is InChI=1S/C18H40O8Si2/c1-8-16(28(24-9-2,25-10-3)26-11-4)18(17(20)21,27(5,6)7)23-15-14-22-13-12-19/h16,19H,8-15H2,1-7H3,(H,20,21). The normalized spacial score (nSPS) is 16.0. The van der Waals surface area contributed by atoms with Gasteiger partial charge in [-0.25, -0.2) is 4.79 Å². The maximum Gasteiger partial charge on any atom is 0.507 e. The highest BCUT2D eigenvalue weighted by Crippen LogP contribution is 2.46. The van der Waals surface area contributed by atoms with Crippen molar-refractivity contribution < 1.29 is 37.8 Å². The van der Waals surface area contributed by atoms with E-state index < -0.39 is 33.6 Å². The van der Waals surface area contributed by atoms with E-state index in [-0.39, 0.29) is 26.4 Å². The van der Waals surface area contributed by atoms with Crippen LogP contribution in [0.15, 0.2) is 0 Å². The third-order valence-corrected chi connectivity index (χ3v) is 11.6. The molecule has 0 saturated heterocycles. The molecular formula is C18H40O8Si2. The summed E-state index contributed by atoms with van der Waals surface area (Å²) in [7, 11) is -5.84. The predicted molar refractivity (Wildman–Crippen MR) is 112 cm³/mol. The lowest BCUT2D eigenvalue weighted by Crippen LogP contribution is -2.70. The molecule has 8 nitrogen and oxygen atoms in total. The fraction of sp³-hybridized carbons (Fsp3) is 0.944. The summed E-state index contributed by atoms with van der Waals surface area (Å²) in [5.41, 5.74) is -0.554. The fourth-order valence-corrected chi connectivity index (χ4v) is 11.1. The Kier molecular flexibility index (Phi) is 12.9. The summed E-state index contributed by atoms with van der Waals surface area (Å²) < 4.78 is 29.6. The Morgan fingerprint density at radius 3 is 1.75 bits per heavy atom. The van der Waals surface area contributed by atoms with Crippen molar-refractivity contribution in [2.75, 3.05) is 46.2 Å². The smallest absolute Gasteiger partial charge is 0.479 e. The molecule has 2 atom stereocenters. The van der Waals surface area contributed by atoms with E-state index in [0.29, 0.717) is 26.2 Å². The lowest BCUT2D eigenvalue weighted by molar-refractivity contribution is -0.160. The molecule has 10 heteroatoms. The average molecular weight is 441 g/mol. The highest BCUT2D eigenvalue weighted by Gasteiger charge is 2.67. The zero-order valence-corrected chi connectivity index (χ0v) is 20.6. The van der Waals surface area contributed by atoms with Gasteiger partial charge in [0.2, 0.25) is 0 Å². The quantitative estimate of drug-likeness (QED) is 0.263. The van der Waals surface area contributed by atoms with Gasteiger partial charge in [-0.1, -0.05) is 26.6 Å². The van der Waals surface area contributed by atoms with Crippen molar-refractivity contribution >= 4 is 22.8 Å². The average Bonchev–Trinajstić information content (AvgIpc) is 2.59. The summed E-state index contributed by atoms with van der Waals surface area (Å²) in [6, 6.07) is 0. The first kappa shape index (κ1) is 27.7. The van der Waals surface area contributed by atoms with Crippen LogP contribution in [0.25, 0.3) is 0 Å². The molecule has 168 valence electrons. The molecule has 0 rings (SSSR count). The van der Waals surface area contributed by atoms with Crippen LogP contribution in [-0.4, -0.2) is 84.5 Å². The van der Waals surface area contributed by atoms with E-state index in [1.165, 1.54) is 0 Å². The Hall–Kier alpha value is -0.336. The Morgan fingerprint density at radius 1 is 0.929 bits per heavy atom. The van der Waals surface area contributed by atoms with E-state index in [9.17, 15) is 9.90 Å². The van der Waals surface area contributed by atoms with Crippen molar-refractivity contribution in [1.82, 2.24) is 0 Å². The lowest BCUT2D eigenvalue weighted by Gasteiger charge is -2.49. The van der Waals surface area contributed by atoms with Gasteiger partial charge in [-0.05, 0) is 27.2 Å². The summed E-state index contributed by atoms with van der Waals surface area (Å²) in [6.45, 7) is 14.9. The van der Waals surface area contributed by atoms with Gasteiger partial charge < -0.3 is 33.0 Å². The number of aliphatic carboxylic acids is 1. The number of ether oxygens (including phenoxy) is 2. The van der Waals surface area contributed by atoms with Crippen LogP contribution in [0, 0.1) is 0 Å². The Morgan fingerprint density at radius 2 is 1.43 bits per heavy atom. The zero-order valence-electron chi connectivity index (χ0n) is 18.6. The Balaban J connectivity index is 6.23. The number of carbonyl (C=O) groups is 1. The van der Waals surface area contributed by atoms with E-state index >= 15 is 0 Å². The Labute approximate surface area is 171 Å². The molecule has 0 fully saturated rings. The van der Waals surface area contributed by atoms with Crippen LogP contribution in [0.4, 0.5) is 0 Å². The van der Waals surface area contributed by atoms with Crippen molar-refractivity contribution in [2.45, 2.75) is 64.5 Å². The van der Waals surface area contributed by atoms with Gasteiger partial charge >= 0.3 is 14.8 Å². The summed E-state index contributed by atoms with van der Waals surface area (Å²) in [5, 5.41) is 17.8. The molecule has 0 bridgehead atoms. The van der Waals surface area contributed by atoms with Crippen LogP contribution in [0.2, 0.25) is 25.2 Å². The second kappa shape index (κ2) is 13.1. The van der Waals surface area contributed by atoms with Crippen molar-refractivity contribution in [1.29, 1.82) is 0 Å². The molecule has 0 amide bonds. The molecule has 0 aliphatic heterocycles. The van der Waals surface area contributed by atoms with E-state index in [0.717, 1.165) is 0 Å². The van der Waals surface area contributed by atoms with Crippen molar-refractivity contribution in [2.24, 2.45) is 0 Å². The molecule has 0 heterocycles. The maximum atomic E-state index is 12.7. The molecule has 0 saturated carbocycles. The van der Waals surface area contributed by atoms with Crippen LogP contribution < -0.4 is 0 Å². The first-order valence-electron chi connectivity index (χ1n) is 10.1. The van der Waals surface area contributed by atoms with Crippen LogP contribution in [-0.2, 0) is 27.5 Å². The fourth-order valence-electron chi connectivity index (χ4n) is 3.62. The van der Waals surface area contributed by atoms with Gasteiger partial charge in [0, 0.05) is 19.8 Å². The molecule has 0 spiro atoms. The molecule has 0 radical (unpaired) electrons. The van der Waals surface area contributed by atoms with Crippen molar-refractivity contribution in [3.8, 4) is 0 Å². The second-order valence-corrected chi connectivity index (χ2v) is 15.4. The number of hydrogen-bond acceptors (Lipinski definition) is 7. The second-order valence-electron chi connectivity index (χ2n) is 7.34. The number of carboxylic acid groups (broad SMARTS) is 1. The first-order valence-corrected chi connectivity index (χ1v) is 15.4. The first-order chi connectivity index (χ1) is 13.1. The summed E-state index contributed by atoms with van der Waals surface area (Å²) >= 11 is 0. The molecule has 0 aliphatic carbocycles. The zero-order chi connectivity index (χ0) is 21.8. The van der Waals surface area contributed by atoms with Gasteiger partial charge in [0.1, 0.15) is 0 Å². The molecule has 0 aliphatic rings. The number of carboxylic acids is 1. The van der Waals surface area contributed by atoms with E-state index in [1.54, 1.807) is 0 Å². The van der Waals surface area contributed by atoms with Crippen LogP contribution >= 0.6 is 0 Å². The van der Waals surface area contributed by atoms with Gasteiger partial charge in [0.15, 0.2) is 5.22 Å². The van der Waals surface area contributed by atoms with E-state index in [2.05, 4.69) is 0 Å². The van der Waals surface area contributed by atoms with Gasteiger partial charge in [-0.2, -0.15) is 0 Å². The number of rotatable bonds is 17. The number of aliphatic hydroxyl groups is 1. The third-order valence-electron chi connectivity index (χ3n) is 4.59. The highest BCUT2D eigenvalue weighted by molar-refractivity contribution is 6.84.